The van der Waals surface area contributed by atoms with Crippen LogP contribution in [0.5, 0.6) is 0 Å². The van der Waals surface area contributed by atoms with E-state index in [-0.39, 0.29) is 17.9 Å². The van der Waals surface area contributed by atoms with Crippen LogP contribution in [0.3, 0.4) is 0 Å². The molecule has 158 valence electrons. The minimum absolute atomic E-state index is 0.0384. The van der Waals surface area contributed by atoms with E-state index < -0.39 is 17.7 Å². The van der Waals surface area contributed by atoms with Gasteiger partial charge in [0.1, 0.15) is 11.5 Å². The number of rotatable bonds is 5. The number of furan rings is 1. The second-order valence-corrected chi connectivity index (χ2v) is 7.94. The van der Waals surface area contributed by atoms with Crippen molar-refractivity contribution < 1.29 is 19.1 Å². The van der Waals surface area contributed by atoms with E-state index in [4.69, 9.17) is 16.0 Å². The molecule has 2 heterocycles. The molecule has 1 atom stereocenters. The number of Topliss-reactive ketones (excluding diaryl/α,β-unsaturated/α-hetero) is 1. The number of carbonyl (C=O) groups excluding carboxylic acids is 2. The highest BCUT2D eigenvalue weighted by Gasteiger charge is 2.46. The summed E-state index contributed by atoms with van der Waals surface area (Å²) in [6.07, 6.45) is 1.51. The van der Waals surface area contributed by atoms with Crippen LogP contribution >= 0.6 is 11.6 Å². The lowest BCUT2D eigenvalue weighted by Crippen LogP contribution is -2.29. The van der Waals surface area contributed by atoms with Crippen molar-refractivity contribution in [2.75, 3.05) is 19.0 Å². The van der Waals surface area contributed by atoms with Crippen molar-refractivity contribution in [3.8, 4) is 0 Å². The fraction of sp³-hybridized carbons (Fsp3) is 0.167. The van der Waals surface area contributed by atoms with Crippen molar-refractivity contribution in [3.63, 3.8) is 0 Å². The predicted molar refractivity (Wildman–Crippen MR) is 119 cm³/mol. The molecule has 3 aromatic rings. The number of likely N-dealkylation sites (tertiary alicyclic amines) is 1. The van der Waals surface area contributed by atoms with Gasteiger partial charge in [-0.2, -0.15) is 0 Å². The van der Waals surface area contributed by atoms with Gasteiger partial charge in [-0.25, -0.2) is 0 Å². The summed E-state index contributed by atoms with van der Waals surface area (Å²) in [4.78, 5) is 29.3. The molecule has 0 saturated carbocycles. The molecule has 2 aromatic carbocycles. The Bertz CT molecular complexity index is 1130. The van der Waals surface area contributed by atoms with Gasteiger partial charge in [-0.1, -0.05) is 23.7 Å². The van der Waals surface area contributed by atoms with E-state index >= 15 is 0 Å². The van der Waals surface area contributed by atoms with Gasteiger partial charge in [-0.3, -0.25) is 9.59 Å². The predicted octanol–water partition coefficient (Wildman–Crippen LogP) is 4.62. The van der Waals surface area contributed by atoms with E-state index in [0.29, 0.717) is 21.9 Å². The molecule has 0 radical (unpaired) electrons. The molecule has 4 rings (SSSR count). The summed E-state index contributed by atoms with van der Waals surface area (Å²) in [6.45, 7) is 0.106. The van der Waals surface area contributed by atoms with Gasteiger partial charge in [0.25, 0.3) is 11.7 Å². The Balaban J connectivity index is 1.84. The Labute approximate surface area is 185 Å². The number of halogens is 1. The zero-order chi connectivity index (χ0) is 22.1. The van der Waals surface area contributed by atoms with Gasteiger partial charge in [0.2, 0.25) is 0 Å². The third-order valence-electron chi connectivity index (χ3n) is 5.29. The number of amides is 1. The van der Waals surface area contributed by atoms with Crippen molar-refractivity contribution in [1.82, 2.24) is 4.90 Å². The van der Waals surface area contributed by atoms with E-state index in [9.17, 15) is 14.7 Å². The number of aliphatic hydroxyl groups is 1. The van der Waals surface area contributed by atoms with Crippen LogP contribution in [-0.4, -0.2) is 35.8 Å². The summed E-state index contributed by atoms with van der Waals surface area (Å²) in [5.41, 5.74) is 2.14. The average Bonchev–Trinajstić information content (AvgIpc) is 3.36. The fourth-order valence-corrected chi connectivity index (χ4v) is 3.80. The third-order valence-corrected chi connectivity index (χ3v) is 5.54. The molecule has 1 saturated heterocycles. The summed E-state index contributed by atoms with van der Waals surface area (Å²) < 4.78 is 5.40. The molecule has 1 aliphatic rings. The highest BCUT2D eigenvalue weighted by molar-refractivity contribution is 6.46. The SMILES string of the molecule is CN(C)c1ccc(C2C(=C(O)c3ccc(Cl)cc3)C(=O)C(=O)N2Cc2ccco2)cc1. The molecule has 1 aromatic heterocycles. The standard InChI is InChI=1S/C24H21ClN2O4/c1-26(2)18-11-7-15(8-12-18)21-20(22(28)16-5-9-17(25)10-6-16)23(29)24(30)27(21)14-19-4-3-13-31-19/h3-13,21,28H,14H2,1-2H3. The van der Waals surface area contributed by atoms with Crippen molar-refractivity contribution in [2.24, 2.45) is 0 Å². The largest absolute Gasteiger partial charge is 0.507 e. The van der Waals surface area contributed by atoms with Crippen LogP contribution in [0.15, 0.2) is 76.9 Å². The fourth-order valence-electron chi connectivity index (χ4n) is 3.68. The number of carbonyl (C=O) groups is 2. The molecule has 31 heavy (non-hydrogen) atoms. The monoisotopic (exact) mass is 436 g/mol. The Hall–Kier alpha value is -3.51. The second-order valence-electron chi connectivity index (χ2n) is 7.50. The van der Waals surface area contributed by atoms with Crippen LogP contribution in [-0.2, 0) is 16.1 Å². The molecule has 7 heteroatoms. The molecule has 1 amide bonds. The lowest BCUT2D eigenvalue weighted by Gasteiger charge is -2.25. The first-order valence-electron chi connectivity index (χ1n) is 9.71. The number of anilines is 1. The van der Waals surface area contributed by atoms with Gasteiger partial charge in [0, 0.05) is 30.4 Å². The molecule has 1 aliphatic heterocycles. The summed E-state index contributed by atoms with van der Waals surface area (Å²) in [7, 11) is 3.86. The Morgan fingerprint density at radius 3 is 2.32 bits per heavy atom. The Kier molecular flexibility index (Phi) is 5.57. The van der Waals surface area contributed by atoms with E-state index in [1.807, 2.05) is 43.3 Å². The second kappa shape index (κ2) is 8.32. The maximum atomic E-state index is 13.0. The van der Waals surface area contributed by atoms with Crippen LogP contribution in [0.2, 0.25) is 5.02 Å². The minimum Gasteiger partial charge on any atom is -0.507 e. The summed E-state index contributed by atoms with van der Waals surface area (Å²) in [5.74, 6) is -1.11. The Morgan fingerprint density at radius 2 is 1.74 bits per heavy atom. The zero-order valence-corrected chi connectivity index (χ0v) is 17.8. The molecular weight excluding hydrogens is 416 g/mol. The number of aliphatic hydroxyl groups excluding tert-OH is 1. The quantitative estimate of drug-likeness (QED) is 0.359. The van der Waals surface area contributed by atoms with Gasteiger partial charge in [-0.05, 0) is 54.1 Å². The molecule has 0 spiro atoms. The lowest BCUT2D eigenvalue weighted by molar-refractivity contribution is -0.140. The van der Waals surface area contributed by atoms with Gasteiger partial charge in [-0.15, -0.1) is 0 Å². The number of ketones is 1. The molecule has 6 nitrogen and oxygen atoms in total. The number of nitrogens with zero attached hydrogens (tertiary/aromatic N) is 2. The first-order valence-corrected chi connectivity index (χ1v) is 10.1. The number of benzene rings is 2. The third kappa shape index (κ3) is 3.94. The van der Waals surface area contributed by atoms with Crippen LogP contribution in [0.4, 0.5) is 5.69 Å². The van der Waals surface area contributed by atoms with Gasteiger partial charge in [0.15, 0.2) is 0 Å². The molecular formula is C24H21ClN2O4. The van der Waals surface area contributed by atoms with Crippen molar-refractivity contribution >= 4 is 34.7 Å². The van der Waals surface area contributed by atoms with E-state index in [1.165, 1.54) is 11.2 Å². The first-order chi connectivity index (χ1) is 14.9. The molecule has 1 fully saturated rings. The molecule has 1 N–H and O–H groups in total. The van der Waals surface area contributed by atoms with Crippen LogP contribution in [0.1, 0.15) is 22.9 Å². The van der Waals surface area contributed by atoms with Crippen molar-refractivity contribution in [1.29, 1.82) is 0 Å². The van der Waals surface area contributed by atoms with Crippen molar-refractivity contribution in [3.05, 3.63) is 94.4 Å². The maximum absolute atomic E-state index is 13.0. The maximum Gasteiger partial charge on any atom is 0.296 e. The molecule has 0 bridgehead atoms. The number of hydrogen-bond acceptors (Lipinski definition) is 5. The zero-order valence-electron chi connectivity index (χ0n) is 17.1. The topological polar surface area (TPSA) is 74.0 Å². The van der Waals surface area contributed by atoms with Gasteiger partial charge < -0.3 is 19.3 Å². The summed E-state index contributed by atoms with van der Waals surface area (Å²) in [5, 5.41) is 11.5. The first kappa shape index (κ1) is 20.8. The van der Waals surface area contributed by atoms with E-state index in [0.717, 1.165) is 5.69 Å². The number of hydrogen-bond donors (Lipinski definition) is 1. The van der Waals surface area contributed by atoms with Crippen LogP contribution in [0.25, 0.3) is 5.76 Å². The summed E-state index contributed by atoms with van der Waals surface area (Å²) in [6, 6.07) is 16.7. The highest BCUT2D eigenvalue weighted by Crippen LogP contribution is 2.40. The minimum atomic E-state index is -0.753. The summed E-state index contributed by atoms with van der Waals surface area (Å²) >= 11 is 5.95. The van der Waals surface area contributed by atoms with E-state index in [1.54, 1.807) is 36.4 Å². The highest BCUT2D eigenvalue weighted by atomic mass is 35.5. The normalized spacial score (nSPS) is 17.9. The van der Waals surface area contributed by atoms with E-state index in [2.05, 4.69) is 0 Å². The smallest absolute Gasteiger partial charge is 0.296 e. The van der Waals surface area contributed by atoms with Gasteiger partial charge in [0.05, 0.1) is 24.4 Å². The molecule has 1 unspecified atom stereocenters. The lowest BCUT2D eigenvalue weighted by atomic mass is 9.95. The molecule has 0 aliphatic carbocycles. The van der Waals surface area contributed by atoms with Crippen LogP contribution in [0, 0.1) is 0 Å². The van der Waals surface area contributed by atoms with Gasteiger partial charge >= 0.3 is 0 Å². The Morgan fingerprint density at radius 1 is 1.06 bits per heavy atom. The van der Waals surface area contributed by atoms with Crippen molar-refractivity contribution in [2.45, 2.75) is 12.6 Å². The average molecular weight is 437 g/mol. The van der Waals surface area contributed by atoms with Crippen LogP contribution < -0.4 is 4.90 Å².